The van der Waals surface area contributed by atoms with Crippen LogP contribution in [0.2, 0.25) is 0 Å². The highest BCUT2D eigenvalue weighted by molar-refractivity contribution is 7.09. The number of anilines is 2. The summed E-state index contributed by atoms with van der Waals surface area (Å²) >= 11 is 1.39. The Morgan fingerprint density at radius 1 is 1.35 bits per heavy atom. The third-order valence-electron chi connectivity index (χ3n) is 2.44. The summed E-state index contributed by atoms with van der Waals surface area (Å²) < 4.78 is 4.29. The van der Waals surface area contributed by atoms with Crippen LogP contribution in [0, 0.1) is 0 Å². The Balaban J connectivity index is 2.00. The van der Waals surface area contributed by atoms with Crippen molar-refractivity contribution in [1.29, 1.82) is 0 Å². The van der Waals surface area contributed by atoms with Crippen molar-refractivity contribution < 1.29 is 0 Å². The number of hydrogen-bond acceptors (Lipinski definition) is 5. The molecule has 1 aromatic heterocycles. The van der Waals surface area contributed by atoms with Crippen molar-refractivity contribution in [2.45, 2.75) is 26.3 Å². The van der Waals surface area contributed by atoms with E-state index in [1.54, 1.807) is 0 Å². The van der Waals surface area contributed by atoms with E-state index in [0.717, 1.165) is 22.2 Å². The number of rotatable bonds is 4. The maximum atomic E-state index is 5.87. The van der Waals surface area contributed by atoms with Crippen molar-refractivity contribution in [3.05, 3.63) is 35.7 Å². The summed E-state index contributed by atoms with van der Waals surface area (Å²) in [6.45, 7) is 4.85. The van der Waals surface area contributed by atoms with E-state index in [-0.39, 0.29) is 0 Å². The van der Waals surface area contributed by atoms with Crippen LogP contribution >= 0.6 is 11.5 Å². The standard InChI is InChI=1S/C12H16N4S/c1-8(2)11-15-12(17-16-11)14-7-9-5-3-4-6-10(9)13/h3-6,8H,7,13H2,1-2H3,(H,14,15,16). The Labute approximate surface area is 105 Å². The molecule has 0 bridgehead atoms. The van der Waals surface area contributed by atoms with Gasteiger partial charge in [-0.3, -0.25) is 0 Å². The summed E-state index contributed by atoms with van der Waals surface area (Å²) in [4.78, 5) is 4.41. The monoisotopic (exact) mass is 248 g/mol. The molecule has 0 saturated carbocycles. The summed E-state index contributed by atoms with van der Waals surface area (Å²) in [6.07, 6.45) is 0. The van der Waals surface area contributed by atoms with Gasteiger partial charge in [-0.2, -0.15) is 4.37 Å². The normalized spacial score (nSPS) is 10.8. The smallest absolute Gasteiger partial charge is 0.202 e. The average Bonchev–Trinajstić information content (AvgIpc) is 2.77. The van der Waals surface area contributed by atoms with Crippen LogP contribution in [0.5, 0.6) is 0 Å². The first-order chi connectivity index (χ1) is 8.16. The van der Waals surface area contributed by atoms with Crippen molar-refractivity contribution in [3.8, 4) is 0 Å². The van der Waals surface area contributed by atoms with Crippen molar-refractivity contribution in [1.82, 2.24) is 9.36 Å². The lowest BCUT2D eigenvalue weighted by Gasteiger charge is -2.05. The first-order valence-electron chi connectivity index (χ1n) is 5.57. The Morgan fingerprint density at radius 2 is 2.12 bits per heavy atom. The summed E-state index contributed by atoms with van der Waals surface area (Å²) in [5.74, 6) is 1.25. The summed E-state index contributed by atoms with van der Waals surface area (Å²) in [5.41, 5.74) is 7.74. The van der Waals surface area contributed by atoms with Crippen LogP contribution in [-0.4, -0.2) is 9.36 Å². The first-order valence-corrected chi connectivity index (χ1v) is 6.35. The molecule has 1 aromatic carbocycles. The molecule has 17 heavy (non-hydrogen) atoms. The fourth-order valence-electron chi connectivity index (χ4n) is 1.41. The van der Waals surface area contributed by atoms with Crippen LogP contribution in [0.25, 0.3) is 0 Å². The van der Waals surface area contributed by atoms with Crippen molar-refractivity contribution in [3.63, 3.8) is 0 Å². The zero-order valence-corrected chi connectivity index (χ0v) is 10.8. The van der Waals surface area contributed by atoms with Gasteiger partial charge < -0.3 is 11.1 Å². The number of para-hydroxylation sites is 1. The minimum atomic E-state index is 0.364. The van der Waals surface area contributed by atoms with E-state index < -0.39 is 0 Å². The van der Waals surface area contributed by atoms with Crippen LogP contribution in [0.15, 0.2) is 24.3 Å². The van der Waals surface area contributed by atoms with Gasteiger partial charge in [0.25, 0.3) is 0 Å². The molecule has 0 radical (unpaired) electrons. The SMILES string of the molecule is CC(C)c1nsc(NCc2ccccc2N)n1. The second kappa shape index (κ2) is 5.14. The van der Waals surface area contributed by atoms with E-state index in [4.69, 9.17) is 5.73 Å². The molecule has 2 rings (SSSR count). The van der Waals surface area contributed by atoms with Gasteiger partial charge in [0.2, 0.25) is 5.13 Å². The summed E-state index contributed by atoms with van der Waals surface area (Å²) in [7, 11) is 0. The highest BCUT2D eigenvalue weighted by Crippen LogP contribution is 2.19. The van der Waals surface area contributed by atoms with Crippen molar-refractivity contribution in [2.24, 2.45) is 0 Å². The molecule has 0 saturated heterocycles. The lowest BCUT2D eigenvalue weighted by molar-refractivity contribution is 0.799. The Morgan fingerprint density at radius 3 is 2.76 bits per heavy atom. The highest BCUT2D eigenvalue weighted by atomic mass is 32.1. The number of nitrogens with two attached hydrogens (primary N) is 1. The lowest BCUT2D eigenvalue weighted by atomic mass is 10.2. The number of hydrogen-bond donors (Lipinski definition) is 2. The molecule has 3 N–H and O–H groups in total. The zero-order chi connectivity index (χ0) is 12.3. The number of nitrogens with zero attached hydrogens (tertiary/aromatic N) is 2. The number of nitrogen functional groups attached to an aromatic ring is 1. The molecule has 4 nitrogen and oxygen atoms in total. The fraction of sp³-hybridized carbons (Fsp3) is 0.333. The molecule has 0 aliphatic carbocycles. The second-order valence-corrected chi connectivity index (χ2v) is 4.92. The third-order valence-corrected chi connectivity index (χ3v) is 3.13. The summed E-state index contributed by atoms with van der Waals surface area (Å²) in [6, 6.07) is 7.82. The fourth-order valence-corrected chi connectivity index (χ4v) is 2.11. The molecule has 0 fully saturated rings. The Hall–Kier alpha value is -1.62. The van der Waals surface area contributed by atoms with Crippen LogP contribution in [0.4, 0.5) is 10.8 Å². The minimum Gasteiger partial charge on any atom is -0.398 e. The second-order valence-electron chi connectivity index (χ2n) is 4.16. The Kier molecular flexibility index (Phi) is 3.58. The van der Waals surface area contributed by atoms with Gasteiger partial charge in [0, 0.05) is 29.7 Å². The van der Waals surface area contributed by atoms with Crippen LogP contribution in [0.3, 0.4) is 0 Å². The lowest BCUT2D eigenvalue weighted by Crippen LogP contribution is -2.02. The third kappa shape index (κ3) is 2.94. The largest absolute Gasteiger partial charge is 0.398 e. The molecule has 1 heterocycles. The quantitative estimate of drug-likeness (QED) is 0.817. The number of nitrogens with one attached hydrogen (secondary N) is 1. The maximum absolute atomic E-state index is 5.87. The van der Waals surface area contributed by atoms with Gasteiger partial charge in [0.05, 0.1) is 0 Å². The number of aromatic nitrogens is 2. The van der Waals surface area contributed by atoms with E-state index in [9.17, 15) is 0 Å². The molecular weight excluding hydrogens is 232 g/mol. The molecule has 0 amide bonds. The molecule has 0 spiro atoms. The molecule has 0 aliphatic rings. The minimum absolute atomic E-state index is 0.364. The van der Waals surface area contributed by atoms with Crippen LogP contribution in [0.1, 0.15) is 31.2 Å². The number of benzene rings is 1. The van der Waals surface area contributed by atoms with Crippen molar-refractivity contribution >= 4 is 22.4 Å². The van der Waals surface area contributed by atoms with Crippen LogP contribution < -0.4 is 11.1 Å². The maximum Gasteiger partial charge on any atom is 0.202 e. The van der Waals surface area contributed by atoms with E-state index in [1.165, 1.54) is 11.5 Å². The Bertz CT molecular complexity index is 493. The molecule has 2 aromatic rings. The molecular formula is C12H16N4S. The molecule has 90 valence electrons. The average molecular weight is 248 g/mol. The van der Waals surface area contributed by atoms with Gasteiger partial charge in [0.1, 0.15) is 5.82 Å². The van der Waals surface area contributed by atoms with Crippen molar-refractivity contribution in [2.75, 3.05) is 11.1 Å². The van der Waals surface area contributed by atoms with Gasteiger partial charge in [-0.1, -0.05) is 32.0 Å². The van der Waals surface area contributed by atoms with Gasteiger partial charge in [-0.15, -0.1) is 0 Å². The molecule has 0 atom stereocenters. The van der Waals surface area contributed by atoms with Gasteiger partial charge >= 0.3 is 0 Å². The van der Waals surface area contributed by atoms with E-state index in [2.05, 4.69) is 28.5 Å². The summed E-state index contributed by atoms with van der Waals surface area (Å²) in [5, 5.41) is 4.09. The van der Waals surface area contributed by atoms with E-state index >= 15 is 0 Å². The molecule has 0 aliphatic heterocycles. The van der Waals surface area contributed by atoms with E-state index in [1.807, 2.05) is 24.3 Å². The van der Waals surface area contributed by atoms with Crippen LogP contribution in [-0.2, 0) is 6.54 Å². The topological polar surface area (TPSA) is 63.8 Å². The molecule has 0 unspecified atom stereocenters. The molecule has 5 heteroatoms. The predicted molar refractivity (Wildman–Crippen MR) is 72.2 cm³/mol. The van der Waals surface area contributed by atoms with Gasteiger partial charge in [-0.05, 0) is 11.6 Å². The van der Waals surface area contributed by atoms with E-state index in [0.29, 0.717) is 12.5 Å². The zero-order valence-electron chi connectivity index (χ0n) is 9.97. The first kappa shape index (κ1) is 11.9. The van der Waals surface area contributed by atoms with Gasteiger partial charge in [0.15, 0.2) is 0 Å². The van der Waals surface area contributed by atoms with Gasteiger partial charge in [-0.25, -0.2) is 4.98 Å². The highest BCUT2D eigenvalue weighted by Gasteiger charge is 2.07. The predicted octanol–water partition coefficient (Wildman–Crippen LogP) is 2.86.